The van der Waals surface area contributed by atoms with Gasteiger partial charge in [0.2, 0.25) is 0 Å². The molecule has 2 rings (SSSR count). The molecule has 2 aromatic rings. The lowest BCUT2D eigenvalue weighted by atomic mass is 10.0. The largest absolute Gasteiger partial charge is 0.497 e. The number of hydrogen-bond acceptors (Lipinski definition) is 3. The predicted octanol–water partition coefficient (Wildman–Crippen LogP) is 4.68. The van der Waals surface area contributed by atoms with Crippen molar-refractivity contribution in [2.45, 2.75) is 52.2 Å². The molecule has 140 valence electrons. The van der Waals surface area contributed by atoms with Crippen LogP contribution in [-0.2, 0) is 11.2 Å². The minimum atomic E-state index is -0.505. The molecule has 0 aliphatic heterocycles. The third-order valence-corrected chi connectivity index (χ3v) is 4.52. The summed E-state index contributed by atoms with van der Waals surface area (Å²) in [5.41, 5.74) is 2.31. The third-order valence-electron chi connectivity index (χ3n) is 4.52. The Hall–Kier alpha value is -2.49. The highest BCUT2D eigenvalue weighted by Gasteiger charge is 2.22. The Morgan fingerprint density at radius 1 is 0.923 bits per heavy atom. The highest BCUT2D eigenvalue weighted by atomic mass is 16.5. The van der Waals surface area contributed by atoms with E-state index >= 15 is 0 Å². The van der Waals surface area contributed by atoms with Crippen molar-refractivity contribution in [3.05, 3.63) is 59.7 Å². The summed E-state index contributed by atoms with van der Waals surface area (Å²) in [6.07, 6.45) is 1.90. The fourth-order valence-corrected chi connectivity index (χ4v) is 2.81. The van der Waals surface area contributed by atoms with Gasteiger partial charge >= 0.3 is 0 Å². The predicted molar refractivity (Wildman–Crippen MR) is 105 cm³/mol. The minimum absolute atomic E-state index is 0.0477. The van der Waals surface area contributed by atoms with Crippen molar-refractivity contribution in [1.29, 1.82) is 0 Å². The summed E-state index contributed by atoms with van der Waals surface area (Å²) >= 11 is 0. The maximum Gasteiger partial charge on any atom is 0.261 e. The molecular weight excluding hydrogens is 326 g/mol. The van der Waals surface area contributed by atoms with Crippen LogP contribution in [0.2, 0.25) is 0 Å². The van der Waals surface area contributed by atoms with Gasteiger partial charge in [-0.15, -0.1) is 0 Å². The Morgan fingerprint density at radius 2 is 1.54 bits per heavy atom. The maximum absolute atomic E-state index is 12.7. The van der Waals surface area contributed by atoms with Crippen molar-refractivity contribution in [3.8, 4) is 11.5 Å². The van der Waals surface area contributed by atoms with Gasteiger partial charge < -0.3 is 14.8 Å². The van der Waals surface area contributed by atoms with Crippen molar-refractivity contribution in [2.24, 2.45) is 0 Å². The van der Waals surface area contributed by atoms with E-state index in [1.807, 2.05) is 55.5 Å². The van der Waals surface area contributed by atoms with E-state index in [-0.39, 0.29) is 11.9 Å². The fraction of sp³-hybridized carbons (Fsp3) is 0.409. The first-order valence-electron chi connectivity index (χ1n) is 9.31. The lowest BCUT2D eigenvalue weighted by molar-refractivity contribution is -0.128. The molecule has 0 fully saturated rings. The van der Waals surface area contributed by atoms with Crippen LogP contribution in [0.1, 0.15) is 50.8 Å². The third kappa shape index (κ3) is 5.25. The second-order valence-electron chi connectivity index (χ2n) is 6.25. The summed E-state index contributed by atoms with van der Waals surface area (Å²) in [5.74, 6) is 1.44. The summed E-state index contributed by atoms with van der Waals surface area (Å²) in [6, 6.07) is 15.7. The molecule has 1 amide bonds. The van der Waals surface area contributed by atoms with Gasteiger partial charge in [0.25, 0.3) is 5.91 Å². The molecule has 2 unspecified atom stereocenters. The normalized spacial score (nSPS) is 12.9. The van der Waals surface area contributed by atoms with E-state index in [0.717, 1.165) is 29.9 Å². The number of rotatable bonds is 9. The Morgan fingerprint density at radius 3 is 2.04 bits per heavy atom. The lowest BCUT2D eigenvalue weighted by Gasteiger charge is -2.22. The first kappa shape index (κ1) is 19.8. The summed E-state index contributed by atoms with van der Waals surface area (Å²) in [6.45, 7) is 6.13. The molecule has 0 aliphatic rings. The molecule has 2 atom stereocenters. The minimum Gasteiger partial charge on any atom is -0.497 e. The summed E-state index contributed by atoms with van der Waals surface area (Å²) < 4.78 is 11.1. The van der Waals surface area contributed by atoms with Crippen LogP contribution in [0.4, 0.5) is 0 Å². The Labute approximate surface area is 156 Å². The molecule has 2 aromatic carbocycles. The van der Waals surface area contributed by atoms with E-state index < -0.39 is 6.10 Å². The van der Waals surface area contributed by atoms with Crippen LogP contribution < -0.4 is 14.8 Å². The molecule has 0 saturated heterocycles. The van der Waals surface area contributed by atoms with Crippen LogP contribution in [0.5, 0.6) is 11.5 Å². The standard InChI is InChI=1S/C22H29NO3/c1-5-16-8-12-19(13-9-16)26-21(7-3)22(24)23-20(6-2)17-10-14-18(25-4)15-11-17/h8-15,20-21H,5-7H2,1-4H3,(H,23,24). The fourth-order valence-electron chi connectivity index (χ4n) is 2.81. The van der Waals surface area contributed by atoms with Crippen molar-refractivity contribution in [1.82, 2.24) is 5.32 Å². The number of carbonyl (C=O) groups is 1. The number of hydrogen-bond donors (Lipinski definition) is 1. The van der Waals surface area contributed by atoms with Gasteiger partial charge in [0, 0.05) is 0 Å². The van der Waals surface area contributed by atoms with Gasteiger partial charge in [-0.05, 0) is 54.7 Å². The summed E-state index contributed by atoms with van der Waals surface area (Å²) in [7, 11) is 1.64. The van der Waals surface area contributed by atoms with Crippen LogP contribution >= 0.6 is 0 Å². The van der Waals surface area contributed by atoms with E-state index in [4.69, 9.17) is 9.47 Å². The van der Waals surface area contributed by atoms with Gasteiger partial charge in [0.05, 0.1) is 13.2 Å². The Kier molecular flexibility index (Phi) is 7.52. The van der Waals surface area contributed by atoms with Gasteiger partial charge in [0.15, 0.2) is 6.10 Å². The van der Waals surface area contributed by atoms with Crippen LogP contribution in [-0.4, -0.2) is 19.1 Å². The topological polar surface area (TPSA) is 47.6 Å². The SMILES string of the molecule is CCc1ccc(OC(CC)C(=O)NC(CC)c2ccc(OC)cc2)cc1. The van der Waals surface area contributed by atoms with Gasteiger partial charge in [-0.3, -0.25) is 4.79 Å². The van der Waals surface area contributed by atoms with E-state index in [9.17, 15) is 4.79 Å². The number of ether oxygens (including phenoxy) is 2. The molecule has 0 radical (unpaired) electrons. The zero-order chi connectivity index (χ0) is 18.9. The molecule has 0 heterocycles. The second kappa shape index (κ2) is 9.85. The average molecular weight is 355 g/mol. The first-order chi connectivity index (χ1) is 12.6. The molecule has 0 spiro atoms. The molecule has 1 N–H and O–H groups in total. The zero-order valence-corrected chi connectivity index (χ0v) is 16.1. The van der Waals surface area contributed by atoms with Gasteiger partial charge in [-0.2, -0.15) is 0 Å². The van der Waals surface area contributed by atoms with E-state index in [1.165, 1.54) is 5.56 Å². The molecule has 26 heavy (non-hydrogen) atoms. The number of nitrogens with one attached hydrogen (secondary N) is 1. The van der Waals surface area contributed by atoms with E-state index in [0.29, 0.717) is 6.42 Å². The maximum atomic E-state index is 12.7. The first-order valence-corrected chi connectivity index (χ1v) is 9.31. The summed E-state index contributed by atoms with van der Waals surface area (Å²) in [4.78, 5) is 12.7. The van der Waals surface area contributed by atoms with E-state index in [2.05, 4.69) is 19.2 Å². The lowest BCUT2D eigenvalue weighted by Crippen LogP contribution is -2.39. The van der Waals surface area contributed by atoms with Crippen molar-refractivity contribution in [2.75, 3.05) is 7.11 Å². The van der Waals surface area contributed by atoms with Crippen molar-refractivity contribution in [3.63, 3.8) is 0 Å². The second-order valence-corrected chi connectivity index (χ2v) is 6.25. The van der Waals surface area contributed by atoms with Gasteiger partial charge in [-0.25, -0.2) is 0 Å². The summed E-state index contributed by atoms with van der Waals surface area (Å²) in [5, 5.41) is 3.11. The van der Waals surface area contributed by atoms with Crippen LogP contribution in [0.15, 0.2) is 48.5 Å². The van der Waals surface area contributed by atoms with Gasteiger partial charge in [-0.1, -0.05) is 45.0 Å². The van der Waals surface area contributed by atoms with Crippen LogP contribution in [0.25, 0.3) is 0 Å². The number of methoxy groups -OCH3 is 1. The number of amides is 1. The molecule has 0 aromatic heterocycles. The van der Waals surface area contributed by atoms with E-state index in [1.54, 1.807) is 7.11 Å². The quantitative estimate of drug-likeness (QED) is 0.710. The monoisotopic (exact) mass is 355 g/mol. The van der Waals surface area contributed by atoms with Crippen LogP contribution in [0, 0.1) is 0 Å². The number of carbonyl (C=O) groups excluding carboxylic acids is 1. The zero-order valence-electron chi connectivity index (χ0n) is 16.1. The average Bonchev–Trinajstić information content (AvgIpc) is 2.70. The number of benzene rings is 2. The molecule has 0 aliphatic carbocycles. The van der Waals surface area contributed by atoms with Crippen molar-refractivity contribution < 1.29 is 14.3 Å². The highest BCUT2D eigenvalue weighted by Crippen LogP contribution is 2.21. The molecular formula is C22H29NO3. The highest BCUT2D eigenvalue weighted by molar-refractivity contribution is 5.81. The van der Waals surface area contributed by atoms with Crippen LogP contribution in [0.3, 0.4) is 0 Å². The molecule has 4 heteroatoms. The Bertz CT molecular complexity index is 680. The molecule has 0 saturated carbocycles. The smallest absolute Gasteiger partial charge is 0.261 e. The molecule has 4 nitrogen and oxygen atoms in total. The molecule has 0 bridgehead atoms. The van der Waals surface area contributed by atoms with Gasteiger partial charge in [0.1, 0.15) is 11.5 Å². The Balaban J connectivity index is 2.03. The number of aryl methyl sites for hydroxylation is 1. The van der Waals surface area contributed by atoms with Crippen molar-refractivity contribution >= 4 is 5.91 Å².